The molecule has 3 rings (SSSR count). The minimum absolute atomic E-state index is 0.0802. The zero-order valence-corrected chi connectivity index (χ0v) is 20.2. The van der Waals surface area contributed by atoms with Crippen LogP contribution in [0, 0.1) is 5.41 Å². The van der Waals surface area contributed by atoms with Crippen molar-refractivity contribution >= 4 is 6.09 Å². The van der Waals surface area contributed by atoms with Crippen molar-refractivity contribution in [1.82, 2.24) is 14.9 Å². The minimum Gasteiger partial charge on any atom is -0.494 e. The average molecular weight is 442 g/mol. The Morgan fingerprint density at radius 2 is 1.91 bits per heavy atom. The number of nitrogens with one attached hydrogen (secondary N) is 1. The molecule has 2 aromatic rings. The second-order valence-corrected chi connectivity index (χ2v) is 10.2. The molecule has 1 atom stereocenters. The quantitative estimate of drug-likeness (QED) is 0.725. The van der Waals surface area contributed by atoms with E-state index in [1.807, 2.05) is 58.9 Å². The standard InChI is InChI=1S/C25H35N3O4/c1-8-31-18-11-9-17(10-12-18)28-21(16(2)26-23(30)32-24(3,4)5)27-20-15-25(6,7)14-13-19(20)22(28)29/h9-12,16H,8,13-15H2,1-7H3,(H,26,30). The van der Waals surface area contributed by atoms with Gasteiger partial charge in [0.25, 0.3) is 5.56 Å². The van der Waals surface area contributed by atoms with Crippen LogP contribution < -0.4 is 15.6 Å². The van der Waals surface area contributed by atoms with Crippen molar-refractivity contribution in [3.63, 3.8) is 0 Å². The number of rotatable bonds is 5. The number of hydrogen-bond acceptors (Lipinski definition) is 5. The van der Waals surface area contributed by atoms with Gasteiger partial charge < -0.3 is 14.8 Å². The lowest BCUT2D eigenvalue weighted by atomic mass is 9.76. The molecule has 1 heterocycles. The molecule has 1 aromatic heterocycles. The van der Waals surface area contributed by atoms with Gasteiger partial charge in [-0.05, 0) is 83.6 Å². The van der Waals surface area contributed by atoms with Gasteiger partial charge in [0.05, 0.1) is 24.0 Å². The molecule has 0 saturated carbocycles. The first-order chi connectivity index (χ1) is 14.9. The maximum Gasteiger partial charge on any atom is 0.408 e. The summed E-state index contributed by atoms with van der Waals surface area (Å²) in [6.45, 7) is 14.1. The third-order valence-electron chi connectivity index (χ3n) is 5.51. The van der Waals surface area contributed by atoms with E-state index >= 15 is 0 Å². The summed E-state index contributed by atoms with van der Waals surface area (Å²) in [6.07, 6.45) is 1.81. The van der Waals surface area contributed by atoms with Crippen LogP contribution in [0.1, 0.15) is 78.0 Å². The summed E-state index contributed by atoms with van der Waals surface area (Å²) < 4.78 is 12.6. The molecule has 1 N–H and O–H groups in total. The summed E-state index contributed by atoms with van der Waals surface area (Å²) in [4.78, 5) is 31.0. The lowest BCUT2D eigenvalue weighted by Gasteiger charge is -2.31. The number of alkyl carbamates (subject to hydrolysis) is 1. The monoisotopic (exact) mass is 441 g/mol. The molecule has 0 radical (unpaired) electrons. The van der Waals surface area contributed by atoms with Crippen LogP contribution in [-0.2, 0) is 17.6 Å². The predicted octanol–water partition coefficient (Wildman–Crippen LogP) is 4.73. The molecule has 7 heteroatoms. The van der Waals surface area contributed by atoms with Crippen LogP contribution in [0.4, 0.5) is 4.79 Å². The normalized spacial score (nSPS) is 16.1. The molecule has 1 aliphatic rings. The van der Waals surface area contributed by atoms with Gasteiger partial charge in [-0.2, -0.15) is 0 Å². The maximum atomic E-state index is 13.6. The van der Waals surface area contributed by atoms with Crippen LogP contribution in [0.3, 0.4) is 0 Å². The van der Waals surface area contributed by atoms with Gasteiger partial charge in [-0.3, -0.25) is 9.36 Å². The Balaban J connectivity index is 2.08. The van der Waals surface area contributed by atoms with Crippen molar-refractivity contribution < 1.29 is 14.3 Å². The summed E-state index contributed by atoms with van der Waals surface area (Å²) in [5.41, 5.74) is 1.64. The first kappa shape index (κ1) is 23.8. The van der Waals surface area contributed by atoms with E-state index in [1.165, 1.54) is 0 Å². The van der Waals surface area contributed by atoms with E-state index in [2.05, 4.69) is 19.2 Å². The molecular weight excluding hydrogens is 406 g/mol. The fourth-order valence-corrected chi connectivity index (χ4v) is 3.97. The highest BCUT2D eigenvalue weighted by atomic mass is 16.6. The molecule has 1 aromatic carbocycles. The maximum absolute atomic E-state index is 13.6. The highest BCUT2D eigenvalue weighted by molar-refractivity contribution is 5.68. The molecule has 32 heavy (non-hydrogen) atoms. The Morgan fingerprint density at radius 1 is 1.25 bits per heavy atom. The topological polar surface area (TPSA) is 82.4 Å². The third kappa shape index (κ3) is 5.50. The fourth-order valence-electron chi connectivity index (χ4n) is 3.97. The number of carbonyl (C=O) groups is 1. The average Bonchev–Trinajstić information content (AvgIpc) is 2.66. The Kier molecular flexibility index (Phi) is 6.67. The SMILES string of the molecule is CCOc1ccc(-n2c(C(C)NC(=O)OC(C)(C)C)nc3c(c2=O)CCC(C)(C)C3)cc1. The van der Waals surface area contributed by atoms with Crippen molar-refractivity contribution in [2.24, 2.45) is 5.41 Å². The van der Waals surface area contributed by atoms with Crippen LogP contribution in [0.15, 0.2) is 29.1 Å². The molecule has 0 spiro atoms. The highest BCUT2D eigenvalue weighted by Crippen LogP contribution is 2.33. The minimum atomic E-state index is -0.619. The molecule has 1 unspecified atom stereocenters. The predicted molar refractivity (Wildman–Crippen MR) is 125 cm³/mol. The van der Waals surface area contributed by atoms with Gasteiger partial charge in [0.15, 0.2) is 0 Å². The largest absolute Gasteiger partial charge is 0.494 e. The summed E-state index contributed by atoms with van der Waals surface area (Å²) in [5, 5.41) is 2.84. The summed E-state index contributed by atoms with van der Waals surface area (Å²) in [6, 6.07) is 6.83. The van der Waals surface area contributed by atoms with E-state index in [0.717, 1.165) is 29.8 Å². The molecule has 7 nitrogen and oxygen atoms in total. The van der Waals surface area contributed by atoms with E-state index in [-0.39, 0.29) is 11.0 Å². The van der Waals surface area contributed by atoms with Gasteiger partial charge in [0.1, 0.15) is 17.2 Å². The molecule has 0 aliphatic heterocycles. The first-order valence-electron chi connectivity index (χ1n) is 11.3. The number of ether oxygens (including phenoxy) is 2. The molecule has 1 amide bonds. The van der Waals surface area contributed by atoms with Crippen LogP contribution >= 0.6 is 0 Å². The van der Waals surface area contributed by atoms with Crippen molar-refractivity contribution in [2.45, 2.75) is 79.4 Å². The van der Waals surface area contributed by atoms with Gasteiger partial charge in [0.2, 0.25) is 0 Å². The van der Waals surface area contributed by atoms with Gasteiger partial charge in [-0.25, -0.2) is 9.78 Å². The van der Waals surface area contributed by atoms with E-state index in [4.69, 9.17) is 14.5 Å². The number of amides is 1. The number of hydrogen-bond donors (Lipinski definition) is 1. The van der Waals surface area contributed by atoms with Crippen molar-refractivity contribution in [3.8, 4) is 11.4 Å². The number of carbonyl (C=O) groups excluding carboxylic acids is 1. The second kappa shape index (κ2) is 8.96. The molecule has 1 aliphatic carbocycles. The lowest BCUT2D eigenvalue weighted by molar-refractivity contribution is 0.0505. The molecule has 0 saturated heterocycles. The number of nitrogens with zero attached hydrogens (tertiary/aromatic N) is 2. The Bertz CT molecular complexity index is 1030. The Morgan fingerprint density at radius 3 is 2.50 bits per heavy atom. The van der Waals surface area contributed by atoms with Crippen LogP contribution in [0.5, 0.6) is 5.75 Å². The fraction of sp³-hybridized carbons (Fsp3) is 0.560. The molecule has 0 fully saturated rings. The van der Waals surface area contributed by atoms with Gasteiger partial charge in [0, 0.05) is 5.56 Å². The molecular formula is C25H35N3O4. The van der Waals surface area contributed by atoms with Gasteiger partial charge >= 0.3 is 6.09 Å². The van der Waals surface area contributed by atoms with E-state index < -0.39 is 17.7 Å². The number of benzene rings is 1. The summed E-state index contributed by atoms with van der Waals surface area (Å²) in [7, 11) is 0. The number of fused-ring (bicyclic) bond motifs is 1. The Labute approximate surface area is 190 Å². The van der Waals surface area contributed by atoms with Crippen molar-refractivity contribution in [3.05, 3.63) is 51.7 Å². The van der Waals surface area contributed by atoms with Gasteiger partial charge in [-0.1, -0.05) is 13.8 Å². The van der Waals surface area contributed by atoms with Crippen molar-refractivity contribution in [1.29, 1.82) is 0 Å². The van der Waals surface area contributed by atoms with Crippen molar-refractivity contribution in [2.75, 3.05) is 6.61 Å². The van der Waals surface area contributed by atoms with Crippen LogP contribution in [0.25, 0.3) is 5.69 Å². The molecule has 174 valence electrons. The summed E-state index contributed by atoms with van der Waals surface area (Å²) >= 11 is 0. The molecule has 0 bridgehead atoms. The highest BCUT2D eigenvalue weighted by Gasteiger charge is 2.31. The van der Waals surface area contributed by atoms with Crippen LogP contribution in [-0.4, -0.2) is 27.9 Å². The van der Waals surface area contributed by atoms with Crippen LogP contribution in [0.2, 0.25) is 0 Å². The van der Waals surface area contributed by atoms with E-state index in [9.17, 15) is 9.59 Å². The van der Waals surface area contributed by atoms with E-state index in [1.54, 1.807) is 4.57 Å². The third-order valence-corrected chi connectivity index (χ3v) is 5.51. The smallest absolute Gasteiger partial charge is 0.408 e. The zero-order valence-electron chi connectivity index (χ0n) is 20.2. The first-order valence-corrected chi connectivity index (χ1v) is 11.3. The zero-order chi connectivity index (χ0) is 23.7. The Hall–Kier alpha value is -2.83. The lowest BCUT2D eigenvalue weighted by Crippen LogP contribution is -2.39. The van der Waals surface area contributed by atoms with E-state index in [0.29, 0.717) is 24.5 Å². The second-order valence-electron chi connectivity index (χ2n) is 10.2. The number of aromatic nitrogens is 2. The van der Waals surface area contributed by atoms with Gasteiger partial charge in [-0.15, -0.1) is 0 Å². The summed E-state index contributed by atoms with van der Waals surface area (Å²) in [5.74, 6) is 1.22.